The van der Waals surface area contributed by atoms with Gasteiger partial charge in [0, 0.05) is 6.61 Å². The van der Waals surface area contributed by atoms with Crippen LogP contribution in [0.25, 0.3) is 0 Å². The number of rotatable bonds is 5. The number of hydrogen-bond donors (Lipinski definition) is 0. The third-order valence-electron chi connectivity index (χ3n) is 2.14. The van der Waals surface area contributed by atoms with Gasteiger partial charge in [-0.15, -0.1) is 0 Å². The molecular formula is C11H20O2. The van der Waals surface area contributed by atoms with Gasteiger partial charge in [0.2, 0.25) is 0 Å². The summed E-state index contributed by atoms with van der Waals surface area (Å²) in [6.45, 7) is 3.74. The van der Waals surface area contributed by atoms with Gasteiger partial charge in [0.15, 0.2) is 6.29 Å². The molecule has 0 N–H and O–H groups in total. The van der Waals surface area contributed by atoms with Gasteiger partial charge in [0.25, 0.3) is 0 Å². The Balaban J connectivity index is 1.97. The molecule has 1 unspecified atom stereocenters. The van der Waals surface area contributed by atoms with Crippen molar-refractivity contribution in [3.8, 4) is 0 Å². The second-order valence-electron chi connectivity index (χ2n) is 3.39. The van der Waals surface area contributed by atoms with E-state index in [4.69, 9.17) is 9.47 Å². The molecule has 0 aromatic rings. The van der Waals surface area contributed by atoms with Gasteiger partial charge in [-0.1, -0.05) is 25.5 Å². The average Bonchev–Trinajstić information content (AvgIpc) is 2.19. The van der Waals surface area contributed by atoms with E-state index in [-0.39, 0.29) is 6.29 Å². The molecule has 2 heteroatoms. The maximum Gasteiger partial charge on any atom is 0.157 e. The molecule has 1 heterocycles. The number of allylic oxidation sites excluding steroid dienone is 1. The SMILES string of the molecule is CCC/C=C/COC1CCCCO1. The zero-order valence-electron chi connectivity index (χ0n) is 8.50. The van der Waals surface area contributed by atoms with Gasteiger partial charge in [-0.25, -0.2) is 0 Å². The van der Waals surface area contributed by atoms with Crippen LogP contribution in [0.4, 0.5) is 0 Å². The summed E-state index contributed by atoms with van der Waals surface area (Å²) in [6.07, 6.45) is 10.1. The summed E-state index contributed by atoms with van der Waals surface area (Å²) in [7, 11) is 0. The third-order valence-corrected chi connectivity index (χ3v) is 2.14. The molecule has 0 bridgehead atoms. The molecule has 1 rings (SSSR count). The molecule has 0 aliphatic carbocycles. The lowest BCUT2D eigenvalue weighted by atomic mass is 10.2. The standard InChI is InChI=1S/C11H20O2/c1-2-3-4-6-9-12-11-8-5-7-10-13-11/h4,6,11H,2-3,5,7-10H2,1H3/b6-4+. The fourth-order valence-electron chi connectivity index (χ4n) is 1.36. The summed E-state index contributed by atoms with van der Waals surface area (Å²) in [5, 5.41) is 0. The van der Waals surface area contributed by atoms with E-state index in [1.54, 1.807) is 0 Å². The lowest BCUT2D eigenvalue weighted by Crippen LogP contribution is -2.22. The molecule has 1 aliphatic rings. The van der Waals surface area contributed by atoms with E-state index in [0.29, 0.717) is 6.61 Å². The second kappa shape index (κ2) is 7.10. The Morgan fingerprint density at radius 3 is 3.00 bits per heavy atom. The van der Waals surface area contributed by atoms with Crippen molar-refractivity contribution in [1.82, 2.24) is 0 Å². The van der Waals surface area contributed by atoms with Crippen LogP contribution in [0, 0.1) is 0 Å². The Kier molecular flexibility index (Phi) is 5.87. The van der Waals surface area contributed by atoms with E-state index < -0.39 is 0 Å². The highest BCUT2D eigenvalue weighted by Crippen LogP contribution is 2.13. The summed E-state index contributed by atoms with van der Waals surface area (Å²) in [5.41, 5.74) is 0. The van der Waals surface area contributed by atoms with Crippen molar-refractivity contribution in [1.29, 1.82) is 0 Å². The molecule has 0 spiro atoms. The van der Waals surface area contributed by atoms with Crippen LogP contribution in [0.5, 0.6) is 0 Å². The number of unbranched alkanes of at least 4 members (excludes halogenated alkanes) is 1. The predicted molar refractivity (Wildman–Crippen MR) is 53.6 cm³/mol. The summed E-state index contributed by atoms with van der Waals surface area (Å²) < 4.78 is 10.9. The quantitative estimate of drug-likeness (QED) is 0.612. The van der Waals surface area contributed by atoms with Gasteiger partial charge >= 0.3 is 0 Å². The first-order valence-corrected chi connectivity index (χ1v) is 5.31. The molecule has 76 valence electrons. The summed E-state index contributed by atoms with van der Waals surface area (Å²) in [6, 6.07) is 0. The van der Waals surface area contributed by atoms with Crippen LogP contribution in [0.1, 0.15) is 39.0 Å². The molecule has 2 nitrogen and oxygen atoms in total. The van der Waals surface area contributed by atoms with Gasteiger partial charge < -0.3 is 9.47 Å². The van der Waals surface area contributed by atoms with E-state index in [2.05, 4.69) is 19.1 Å². The van der Waals surface area contributed by atoms with Crippen LogP contribution in [-0.2, 0) is 9.47 Å². The first kappa shape index (κ1) is 10.7. The monoisotopic (exact) mass is 184 g/mol. The van der Waals surface area contributed by atoms with Gasteiger partial charge in [-0.05, 0) is 25.7 Å². The molecule has 0 aromatic heterocycles. The van der Waals surface area contributed by atoms with Gasteiger partial charge in [0.1, 0.15) is 0 Å². The second-order valence-corrected chi connectivity index (χ2v) is 3.39. The fraction of sp³-hybridized carbons (Fsp3) is 0.818. The van der Waals surface area contributed by atoms with Crippen molar-refractivity contribution in [3.05, 3.63) is 12.2 Å². The third kappa shape index (κ3) is 5.06. The highest BCUT2D eigenvalue weighted by Gasteiger charge is 2.12. The molecule has 0 aromatic carbocycles. The normalized spacial score (nSPS) is 23.9. The lowest BCUT2D eigenvalue weighted by molar-refractivity contribution is -0.155. The van der Waals surface area contributed by atoms with Crippen LogP contribution in [0.15, 0.2) is 12.2 Å². The van der Waals surface area contributed by atoms with E-state index in [9.17, 15) is 0 Å². The highest BCUT2D eigenvalue weighted by atomic mass is 16.7. The summed E-state index contributed by atoms with van der Waals surface area (Å²) in [5.74, 6) is 0. The molecule has 1 fully saturated rings. The molecule has 1 aliphatic heterocycles. The maximum atomic E-state index is 5.52. The van der Waals surface area contributed by atoms with E-state index in [0.717, 1.165) is 19.4 Å². The van der Waals surface area contributed by atoms with Crippen molar-refractivity contribution in [2.75, 3.05) is 13.2 Å². The first-order valence-electron chi connectivity index (χ1n) is 5.31. The van der Waals surface area contributed by atoms with Gasteiger partial charge in [0.05, 0.1) is 6.61 Å². The van der Waals surface area contributed by atoms with Crippen LogP contribution in [0.2, 0.25) is 0 Å². The minimum absolute atomic E-state index is 0.0556. The molecule has 1 atom stereocenters. The largest absolute Gasteiger partial charge is 0.353 e. The van der Waals surface area contributed by atoms with Crippen LogP contribution >= 0.6 is 0 Å². The Bertz CT molecular complexity index is 137. The van der Waals surface area contributed by atoms with E-state index >= 15 is 0 Å². The van der Waals surface area contributed by atoms with Gasteiger partial charge in [-0.2, -0.15) is 0 Å². The van der Waals surface area contributed by atoms with Crippen LogP contribution in [0.3, 0.4) is 0 Å². The summed E-state index contributed by atoms with van der Waals surface area (Å²) in [4.78, 5) is 0. The topological polar surface area (TPSA) is 18.5 Å². The highest BCUT2D eigenvalue weighted by molar-refractivity contribution is 4.80. The van der Waals surface area contributed by atoms with Crippen molar-refractivity contribution < 1.29 is 9.47 Å². The predicted octanol–water partition coefficient (Wildman–Crippen LogP) is 2.89. The number of hydrogen-bond acceptors (Lipinski definition) is 2. The maximum absolute atomic E-state index is 5.52. The average molecular weight is 184 g/mol. The van der Waals surface area contributed by atoms with Gasteiger partial charge in [-0.3, -0.25) is 0 Å². The first-order chi connectivity index (χ1) is 6.43. The van der Waals surface area contributed by atoms with E-state index in [1.165, 1.54) is 19.3 Å². The van der Waals surface area contributed by atoms with Crippen molar-refractivity contribution in [2.24, 2.45) is 0 Å². The minimum Gasteiger partial charge on any atom is -0.353 e. The zero-order valence-corrected chi connectivity index (χ0v) is 8.50. The van der Waals surface area contributed by atoms with Crippen molar-refractivity contribution in [2.45, 2.75) is 45.3 Å². The summed E-state index contributed by atoms with van der Waals surface area (Å²) >= 11 is 0. The molecule has 0 amide bonds. The molecule has 13 heavy (non-hydrogen) atoms. The molecule has 1 saturated heterocycles. The Morgan fingerprint density at radius 2 is 2.31 bits per heavy atom. The van der Waals surface area contributed by atoms with Crippen molar-refractivity contribution in [3.63, 3.8) is 0 Å². The Labute approximate surface area is 80.9 Å². The fourth-order valence-corrected chi connectivity index (χ4v) is 1.36. The van der Waals surface area contributed by atoms with Crippen molar-refractivity contribution >= 4 is 0 Å². The molecular weight excluding hydrogens is 164 g/mol. The zero-order chi connectivity index (χ0) is 9.36. The Hall–Kier alpha value is -0.340. The number of ether oxygens (including phenoxy) is 2. The van der Waals surface area contributed by atoms with Crippen LogP contribution in [-0.4, -0.2) is 19.5 Å². The molecule has 0 radical (unpaired) electrons. The van der Waals surface area contributed by atoms with E-state index in [1.807, 2.05) is 0 Å². The lowest BCUT2D eigenvalue weighted by Gasteiger charge is -2.21. The Morgan fingerprint density at radius 1 is 1.38 bits per heavy atom. The molecule has 0 saturated carbocycles. The van der Waals surface area contributed by atoms with Crippen LogP contribution < -0.4 is 0 Å². The smallest absolute Gasteiger partial charge is 0.157 e. The minimum atomic E-state index is 0.0556.